The van der Waals surface area contributed by atoms with Gasteiger partial charge < -0.3 is 29.9 Å². The summed E-state index contributed by atoms with van der Waals surface area (Å²) >= 11 is 0. The molecule has 33 heavy (non-hydrogen) atoms. The molecule has 2 aromatic carbocycles. The van der Waals surface area contributed by atoms with Gasteiger partial charge >= 0.3 is 11.9 Å². The fourth-order valence-corrected chi connectivity index (χ4v) is 2.11. The van der Waals surface area contributed by atoms with Gasteiger partial charge in [0.1, 0.15) is 5.75 Å². The van der Waals surface area contributed by atoms with Crippen LogP contribution in [-0.4, -0.2) is 45.6 Å². The molecule has 4 N–H and O–H groups in total. The van der Waals surface area contributed by atoms with Crippen LogP contribution in [0.5, 0.6) is 23.0 Å². The third-order valence-corrected chi connectivity index (χ3v) is 3.75. The van der Waals surface area contributed by atoms with E-state index in [1.54, 1.807) is 0 Å². The summed E-state index contributed by atoms with van der Waals surface area (Å²) in [5.74, 6) is -2.62. The summed E-state index contributed by atoms with van der Waals surface area (Å²) in [5.41, 5.74) is 0.461. The summed E-state index contributed by atoms with van der Waals surface area (Å²) < 4.78 is 9.68. The standard InChI is InChI=1S/C10H12O5.C10H12O3.C5H10/c1-2-3-15-10(14)6-4-7(11)9(13)8(12)5-6;1-2-7-13-10(12)8-3-5-9(11)6-4-8;1-3-5-4-2/h4-5,11-13H,2-3H2,1H3;3-6,11H,2,7H2,1H3;3,5H,4H2,1-2H3. The SMILES string of the molecule is CC=CCC.CCCOC(=O)c1cc(O)c(O)c(O)c1.CCCOC(=O)c1ccc(O)cc1. The number of phenolic OH excluding ortho intramolecular Hbond substituents is 4. The molecule has 8 nitrogen and oxygen atoms in total. The van der Waals surface area contributed by atoms with E-state index in [0.29, 0.717) is 18.6 Å². The van der Waals surface area contributed by atoms with Gasteiger partial charge in [0.2, 0.25) is 0 Å². The molecule has 0 amide bonds. The molecule has 0 spiro atoms. The number of carbonyl (C=O) groups is 2. The second kappa shape index (κ2) is 16.9. The van der Waals surface area contributed by atoms with Crippen molar-refractivity contribution in [2.75, 3.05) is 13.2 Å². The monoisotopic (exact) mass is 462 g/mol. The third-order valence-electron chi connectivity index (χ3n) is 3.75. The summed E-state index contributed by atoms with van der Waals surface area (Å²) in [6.45, 7) is 8.63. The molecule has 0 atom stereocenters. The molecule has 0 saturated heterocycles. The molecule has 0 fully saturated rings. The van der Waals surface area contributed by atoms with Crippen LogP contribution in [0.4, 0.5) is 0 Å². The van der Waals surface area contributed by atoms with Crippen LogP contribution in [0.2, 0.25) is 0 Å². The molecule has 2 rings (SSSR count). The molecular formula is C25H34O8. The Morgan fingerprint density at radius 1 is 0.788 bits per heavy atom. The number of esters is 2. The highest BCUT2D eigenvalue weighted by Crippen LogP contribution is 2.35. The Balaban J connectivity index is 0.000000520. The zero-order valence-electron chi connectivity index (χ0n) is 19.6. The Kier molecular flexibility index (Phi) is 15.1. The van der Waals surface area contributed by atoms with Gasteiger partial charge in [-0.15, -0.1) is 0 Å². The lowest BCUT2D eigenvalue weighted by molar-refractivity contribution is 0.0495. The van der Waals surface area contributed by atoms with Gasteiger partial charge in [0.05, 0.1) is 24.3 Å². The molecule has 0 unspecified atom stereocenters. The highest BCUT2D eigenvalue weighted by molar-refractivity contribution is 5.91. The Morgan fingerprint density at radius 3 is 1.61 bits per heavy atom. The minimum absolute atomic E-state index is 0.00347. The van der Waals surface area contributed by atoms with E-state index in [2.05, 4.69) is 19.1 Å². The fourth-order valence-electron chi connectivity index (χ4n) is 2.11. The maximum atomic E-state index is 11.3. The molecule has 8 heteroatoms. The van der Waals surface area contributed by atoms with E-state index >= 15 is 0 Å². The van der Waals surface area contributed by atoms with Gasteiger partial charge in [-0.05, 0) is 62.6 Å². The molecular weight excluding hydrogens is 428 g/mol. The van der Waals surface area contributed by atoms with Crippen LogP contribution >= 0.6 is 0 Å². The van der Waals surface area contributed by atoms with E-state index in [9.17, 15) is 9.59 Å². The summed E-state index contributed by atoms with van der Waals surface area (Å²) in [6.07, 6.45) is 6.84. The van der Waals surface area contributed by atoms with Crippen LogP contribution < -0.4 is 0 Å². The lowest BCUT2D eigenvalue weighted by Crippen LogP contribution is -2.05. The first kappa shape index (κ1) is 29.3. The number of allylic oxidation sites excluding steroid dienone is 2. The van der Waals surface area contributed by atoms with Crippen molar-refractivity contribution >= 4 is 11.9 Å². The molecule has 0 bridgehead atoms. The zero-order chi connectivity index (χ0) is 25.2. The van der Waals surface area contributed by atoms with E-state index in [-0.39, 0.29) is 23.9 Å². The second-order valence-electron chi connectivity index (χ2n) is 6.66. The predicted octanol–water partition coefficient (Wildman–Crippen LogP) is 5.30. The van der Waals surface area contributed by atoms with E-state index in [4.69, 9.17) is 29.9 Å². The third kappa shape index (κ3) is 12.1. The van der Waals surface area contributed by atoms with Crippen LogP contribution in [0, 0.1) is 0 Å². The van der Waals surface area contributed by atoms with Gasteiger partial charge in [-0.3, -0.25) is 0 Å². The first-order chi connectivity index (χ1) is 15.7. The van der Waals surface area contributed by atoms with Crippen LogP contribution in [0.1, 0.15) is 67.7 Å². The maximum absolute atomic E-state index is 11.3. The molecule has 182 valence electrons. The highest BCUT2D eigenvalue weighted by atomic mass is 16.5. The van der Waals surface area contributed by atoms with Gasteiger partial charge in [-0.25, -0.2) is 9.59 Å². The minimum atomic E-state index is -0.651. The number of hydrogen-bond acceptors (Lipinski definition) is 8. The predicted molar refractivity (Wildman–Crippen MR) is 126 cm³/mol. The molecule has 0 saturated carbocycles. The Hall–Kier alpha value is -3.68. The molecule has 0 aliphatic rings. The number of rotatable bonds is 7. The van der Waals surface area contributed by atoms with E-state index < -0.39 is 23.2 Å². The lowest BCUT2D eigenvalue weighted by atomic mass is 10.2. The number of benzene rings is 2. The first-order valence-corrected chi connectivity index (χ1v) is 10.7. The quantitative estimate of drug-likeness (QED) is 0.247. The van der Waals surface area contributed by atoms with Crippen molar-refractivity contribution in [1.29, 1.82) is 0 Å². The number of aromatic hydroxyl groups is 4. The van der Waals surface area contributed by atoms with Crippen molar-refractivity contribution in [3.63, 3.8) is 0 Å². The Morgan fingerprint density at radius 2 is 1.24 bits per heavy atom. The molecule has 2 aromatic rings. The number of ether oxygens (including phenoxy) is 2. The zero-order valence-corrected chi connectivity index (χ0v) is 19.6. The van der Waals surface area contributed by atoms with E-state index in [1.807, 2.05) is 20.8 Å². The highest BCUT2D eigenvalue weighted by Gasteiger charge is 2.14. The smallest absolute Gasteiger partial charge is 0.338 e. The fraction of sp³-hybridized carbons (Fsp3) is 0.360. The van der Waals surface area contributed by atoms with Gasteiger partial charge in [-0.2, -0.15) is 0 Å². The topological polar surface area (TPSA) is 134 Å². The van der Waals surface area contributed by atoms with E-state index in [0.717, 1.165) is 25.0 Å². The molecule has 0 aliphatic heterocycles. The summed E-state index contributed by atoms with van der Waals surface area (Å²) in [4.78, 5) is 22.5. The van der Waals surface area contributed by atoms with Crippen LogP contribution in [0.25, 0.3) is 0 Å². The van der Waals surface area contributed by atoms with Gasteiger partial charge in [-0.1, -0.05) is 32.9 Å². The number of hydrogen-bond donors (Lipinski definition) is 4. The van der Waals surface area contributed by atoms with Crippen molar-refractivity contribution in [2.45, 2.75) is 47.0 Å². The van der Waals surface area contributed by atoms with Crippen LogP contribution in [0.15, 0.2) is 48.6 Å². The first-order valence-electron chi connectivity index (χ1n) is 10.7. The molecule has 0 aromatic heterocycles. The summed E-state index contributed by atoms with van der Waals surface area (Å²) in [5, 5.41) is 36.3. The number of phenols is 4. The lowest BCUT2D eigenvalue weighted by Gasteiger charge is -2.05. The summed E-state index contributed by atoms with van der Waals surface area (Å²) in [6, 6.07) is 8.06. The van der Waals surface area contributed by atoms with Gasteiger partial charge in [0.15, 0.2) is 17.2 Å². The van der Waals surface area contributed by atoms with Crippen molar-refractivity contribution < 1.29 is 39.5 Å². The van der Waals surface area contributed by atoms with Crippen molar-refractivity contribution in [3.05, 3.63) is 59.7 Å². The molecule has 0 aliphatic carbocycles. The summed E-state index contributed by atoms with van der Waals surface area (Å²) in [7, 11) is 0. The van der Waals surface area contributed by atoms with Crippen molar-refractivity contribution in [3.8, 4) is 23.0 Å². The van der Waals surface area contributed by atoms with Crippen molar-refractivity contribution in [2.24, 2.45) is 0 Å². The average Bonchev–Trinajstić information content (AvgIpc) is 2.81. The Bertz CT molecular complexity index is 849. The minimum Gasteiger partial charge on any atom is -0.508 e. The average molecular weight is 463 g/mol. The molecule has 0 radical (unpaired) electrons. The second-order valence-corrected chi connectivity index (χ2v) is 6.66. The maximum Gasteiger partial charge on any atom is 0.338 e. The Labute approximate surface area is 194 Å². The van der Waals surface area contributed by atoms with E-state index in [1.165, 1.54) is 24.3 Å². The van der Waals surface area contributed by atoms with Crippen molar-refractivity contribution in [1.82, 2.24) is 0 Å². The van der Waals surface area contributed by atoms with Gasteiger partial charge in [0.25, 0.3) is 0 Å². The number of carbonyl (C=O) groups excluding carboxylic acids is 2. The van der Waals surface area contributed by atoms with Gasteiger partial charge in [0, 0.05) is 0 Å². The van der Waals surface area contributed by atoms with Crippen LogP contribution in [0.3, 0.4) is 0 Å². The van der Waals surface area contributed by atoms with Crippen LogP contribution in [-0.2, 0) is 9.47 Å². The normalized spacial score (nSPS) is 9.82. The molecule has 0 heterocycles. The largest absolute Gasteiger partial charge is 0.508 e.